The van der Waals surface area contributed by atoms with Crippen LogP contribution in [0.2, 0.25) is 0 Å². The highest BCUT2D eigenvalue weighted by molar-refractivity contribution is 7.13. The van der Waals surface area contributed by atoms with Crippen molar-refractivity contribution in [2.24, 2.45) is 5.92 Å². The number of imidazole rings is 1. The van der Waals surface area contributed by atoms with Crippen molar-refractivity contribution in [1.82, 2.24) is 30.5 Å². The molecule has 6 nitrogen and oxygen atoms in total. The lowest BCUT2D eigenvalue weighted by molar-refractivity contribution is 0.503. The van der Waals surface area contributed by atoms with E-state index in [4.69, 9.17) is 4.98 Å². The van der Waals surface area contributed by atoms with E-state index < -0.39 is 5.82 Å². The van der Waals surface area contributed by atoms with Gasteiger partial charge in [0.15, 0.2) is 11.6 Å². The van der Waals surface area contributed by atoms with E-state index in [1.54, 1.807) is 17.5 Å². The number of nitrogens with one attached hydrogen (secondary N) is 3. The van der Waals surface area contributed by atoms with Crippen LogP contribution in [0.5, 0.6) is 0 Å². The minimum absolute atomic E-state index is 0.276. The van der Waals surface area contributed by atoms with E-state index in [-0.39, 0.29) is 5.69 Å². The molecule has 1 aliphatic rings. The first-order chi connectivity index (χ1) is 19.2. The Morgan fingerprint density at radius 2 is 2.08 bits per heavy atom. The molecule has 0 spiro atoms. The Morgan fingerprint density at radius 1 is 1.21 bits per heavy atom. The number of allylic oxidation sites excluding steroid dienone is 3. The van der Waals surface area contributed by atoms with E-state index >= 15 is 4.39 Å². The second-order valence-electron chi connectivity index (χ2n) is 9.99. The Morgan fingerprint density at radius 3 is 2.85 bits per heavy atom. The molecule has 1 aromatic carbocycles. The number of H-pyrrole nitrogens is 2. The number of nitrogens with zero attached hydrogens (tertiary/aromatic N) is 3. The van der Waals surface area contributed by atoms with Crippen LogP contribution in [0, 0.1) is 11.7 Å². The quantitative estimate of drug-likeness (QED) is 0.168. The predicted molar refractivity (Wildman–Crippen MR) is 159 cm³/mol. The van der Waals surface area contributed by atoms with Crippen molar-refractivity contribution in [3.8, 4) is 22.0 Å². The van der Waals surface area contributed by atoms with Gasteiger partial charge < -0.3 is 10.3 Å². The molecule has 0 unspecified atom stereocenters. The van der Waals surface area contributed by atoms with Crippen LogP contribution in [-0.4, -0.2) is 38.2 Å². The molecular formula is C31H31FN6S. The molecule has 8 heteroatoms. The van der Waals surface area contributed by atoms with Crippen molar-refractivity contribution in [2.45, 2.75) is 32.6 Å². The fraction of sp³-hybridized carbons (Fsp3) is 0.258. The third kappa shape index (κ3) is 4.97. The summed E-state index contributed by atoms with van der Waals surface area (Å²) >= 11 is 1.66. The summed E-state index contributed by atoms with van der Waals surface area (Å²) in [4.78, 5) is 13.8. The maximum atomic E-state index is 16.2. The standard InChI is InChI=1S/C31H31FN6S/c1-3-19(16-33-17-20-9-5-6-10-20)15-21(4-2)28-27(32)26-24(18-34-28)37-38-30(26)31-35-23-12-7-11-22(29(23)36-31)25-13-8-14-39-25/h3-4,7-8,11-15,18,20,33H,1,5-6,9-10,16-17H2,2H3,(H,35,36)(H,37,38)/b19-15+,21-4+. The molecule has 1 saturated carbocycles. The molecule has 0 atom stereocenters. The zero-order chi connectivity index (χ0) is 26.8. The van der Waals surface area contributed by atoms with Gasteiger partial charge in [-0.3, -0.25) is 10.1 Å². The monoisotopic (exact) mass is 538 g/mol. The van der Waals surface area contributed by atoms with Crippen LogP contribution in [0.3, 0.4) is 0 Å². The van der Waals surface area contributed by atoms with Crippen molar-refractivity contribution in [2.75, 3.05) is 13.1 Å². The lowest BCUT2D eigenvalue weighted by Gasteiger charge is -2.12. The van der Waals surface area contributed by atoms with Gasteiger partial charge in [-0.05, 0) is 67.0 Å². The van der Waals surface area contributed by atoms with Crippen molar-refractivity contribution in [3.05, 3.63) is 83.8 Å². The third-order valence-corrected chi connectivity index (χ3v) is 8.40. The average molecular weight is 539 g/mol. The maximum Gasteiger partial charge on any atom is 0.161 e. The Kier molecular flexibility index (Phi) is 7.22. The summed E-state index contributed by atoms with van der Waals surface area (Å²) in [5.41, 5.74) is 5.66. The maximum absolute atomic E-state index is 16.2. The molecule has 3 N–H and O–H groups in total. The van der Waals surface area contributed by atoms with Crippen LogP contribution in [0.25, 0.3) is 49.5 Å². The number of hydrogen-bond acceptors (Lipinski definition) is 5. The van der Waals surface area contributed by atoms with E-state index in [9.17, 15) is 0 Å². The van der Waals surface area contributed by atoms with E-state index in [1.165, 1.54) is 25.7 Å². The highest BCUT2D eigenvalue weighted by Gasteiger charge is 2.21. The van der Waals surface area contributed by atoms with Crippen LogP contribution >= 0.6 is 11.3 Å². The van der Waals surface area contributed by atoms with E-state index in [2.05, 4.69) is 44.2 Å². The topological polar surface area (TPSA) is 82.3 Å². The summed E-state index contributed by atoms with van der Waals surface area (Å²) in [6, 6.07) is 10.1. The van der Waals surface area contributed by atoms with Gasteiger partial charge >= 0.3 is 0 Å². The number of pyridine rings is 1. The fourth-order valence-electron chi connectivity index (χ4n) is 5.43. The largest absolute Gasteiger partial charge is 0.337 e. The molecule has 5 aromatic rings. The molecule has 1 aliphatic carbocycles. The lowest BCUT2D eigenvalue weighted by atomic mass is 10.0. The normalized spacial score (nSPS) is 15.1. The number of benzene rings is 1. The number of hydrogen-bond donors (Lipinski definition) is 3. The number of halogens is 1. The zero-order valence-electron chi connectivity index (χ0n) is 21.9. The smallest absolute Gasteiger partial charge is 0.161 e. The van der Waals surface area contributed by atoms with Gasteiger partial charge in [0.2, 0.25) is 0 Å². The Labute approximate surface area is 230 Å². The second kappa shape index (κ2) is 11.1. The summed E-state index contributed by atoms with van der Waals surface area (Å²) in [5.74, 6) is 0.830. The van der Waals surface area contributed by atoms with Gasteiger partial charge in [-0.25, -0.2) is 9.37 Å². The van der Waals surface area contributed by atoms with Gasteiger partial charge in [0, 0.05) is 17.0 Å². The highest BCUT2D eigenvalue weighted by atomic mass is 32.1. The number of para-hydroxylation sites is 1. The number of rotatable bonds is 9. The average Bonchev–Trinajstić information content (AvgIpc) is 3.77. The van der Waals surface area contributed by atoms with Gasteiger partial charge in [0.05, 0.1) is 28.1 Å². The summed E-state index contributed by atoms with van der Waals surface area (Å²) in [6.45, 7) is 7.56. The molecule has 4 heterocycles. The number of aromatic amines is 2. The minimum atomic E-state index is -0.429. The zero-order valence-corrected chi connectivity index (χ0v) is 22.7. The Balaban J connectivity index is 1.34. The molecule has 1 fully saturated rings. The van der Waals surface area contributed by atoms with E-state index in [1.807, 2.05) is 48.7 Å². The van der Waals surface area contributed by atoms with Crippen molar-refractivity contribution < 1.29 is 4.39 Å². The summed E-state index contributed by atoms with van der Waals surface area (Å²) in [5, 5.41) is 13.3. The van der Waals surface area contributed by atoms with Crippen molar-refractivity contribution in [1.29, 1.82) is 0 Å². The van der Waals surface area contributed by atoms with Crippen LogP contribution in [0.4, 0.5) is 4.39 Å². The molecular weight excluding hydrogens is 507 g/mol. The molecule has 39 heavy (non-hydrogen) atoms. The summed E-state index contributed by atoms with van der Waals surface area (Å²) in [6.07, 6.45) is 12.5. The Bertz CT molecular complexity index is 1690. The highest BCUT2D eigenvalue weighted by Crippen LogP contribution is 2.35. The Hall–Kier alpha value is -3.88. The second-order valence-corrected chi connectivity index (χ2v) is 10.9. The predicted octanol–water partition coefficient (Wildman–Crippen LogP) is 7.66. The van der Waals surface area contributed by atoms with Gasteiger partial charge in [0.25, 0.3) is 0 Å². The first kappa shape index (κ1) is 25.4. The van der Waals surface area contributed by atoms with Crippen LogP contribution in [0.1, 0.15) is 38.3 Å². The molecule has 0 amide bonds. The molecule has 0 aliphatic heterocycles. The molecule has 4 aromatic heterocycles. The molecule has 0 bridgehead atoms. The van der Waals surface area contributed by atoms with Crippen LogP contribution < -0.4 is 5.32 Å². The van der Waals surface area contributed by atoms with Gasteiger partial charge in [-0.2, -0.15) is 5.10 Å². The number of thiophene rings is 1. The van der Waals surface area contributed by atoms with E-state index in [0.29, 0.717) is 34.5 Å². The molecule has 6 rings (SSSR count). The van der Waals surface area contributed by atoms with Crippen molar-refractivity contribution >= 4 is 38.8 Å². The van der Waals surface area contributed by atoms with Crippen molar-refractivity contribution in [3.63, 3.8) is 0 Å². The van der Waals surface area contributed by atoms with Gasteiger partial charge in [-0.15, -0.1) is 11.3 Å². The third-order valence-electron chi connectivity index (χ3n) is 7.49. The SMILES string of the molecule is C=C/C(=C\C(=C/C)c1ncc2[nH]nc(-c3nc4c(-c5cccs5)cccc4[nH]3)c2c1F)CNCC1CCCC1. The summed E-state index contributed by atoms with van der Waals surface area (Å²) in [7, 11) is 0. The lowest BCUT2D eigenvalue weighted by Crippen LogP contribution is -2.23. The molecule has 0 radical (unpaired) electrons. The van der Waals surface area contributed by atoms with E-state index in [0.717, 1.165) is 39.5 Å². The first-order valence-electron chi connectivity index (χ1n) is 13.4. The van der Waals surface area contributed by atoms with Crippen LogP contribution in [-0.2, 0) is 0 Å². The van der Waals surface area contributed by atoms with Gasteiger partial charge in [0.1, 0.15) is 11.4 Å². The molecule has 198 valence electrons. The van der Waals surface area contributed by atoms with Gasteiger partial charge in [-0.1, -0.05) is 49.8 Å². The minimum Gasteiger partial charge on any atom is -0.337 e. The molecule has 0 saturated heterocycles. The fourth-order valence-corrected chi connectivity index (χ4v) is 6.18. The number of fused-ring (bicyclic) bond motifs is 2. The first-order valence-corrected chi connectivity index (χ1v) is 14.3. The summed E-state index contributed by atoms with van der Waals surface area (Å²) < 4.78 is 16.2. The number of aromatic nitrogens is 5. The van der Waals surface area contributed by atoms with Crippen LogP contribution in [0.15, 0.2) is 72.3 Å².